The summed E-state index contributed by atoms with van der Waals surface area (Å²) in [6.45, 7) is -0.305. The molecule has 9 aromatic carbocycles. The second-order valence-electron chi connectivity index (χ2n) is 15.6. The van der Waals surface area contributed by atoms with Gasteiger partial charge in [0.25, 0.3) is 0 Å². The first kappa shape index (κ1) is 33.8. The molecule has 0 fully saturated rings. The molecule has 0 aliphatic carbocycles. The average molecular weight is 770 g/mol. The van der Waals surface area contributed by atoms with Crippen molar-refractivity contribution in [1.82, 2.24) is 4.57 Å². The lowest BCUT2D eigenvalue weighted by Crippen LogP contribution is -2.74. The van der Waals surface area contributed by atoms with Crippen LogP contribution in [-0.2, 0) is 0 Å². The first-order valence-electron chi connectivity index (χ1n) is 20.3. The molecule has 2 aliphatic heterocycles. The van der Waals surface area contributed by atoms with Crippen LogP contribution in [0.25, 0.3) is 49.7 Å². The van der Waals surface area contributed by atoms with E-state index in [4.69, 9.17) is 9.39 Å². The Morgan fingerprint density at radius 2 is 0.949 bits per heavy atom. The Kier molecular flexibility index (Phi) is 7.65. The predicted molar refractivity (Wildman–Crippen MR) is 247 cm³/mol. The lowest BCUT2D eigenvalue weighted by Gasteiger charge is -2.35. The molecule has 0 amide bonds. The summed E-state index contributed by atoms with van der Waals surface area (Å²) in [6.07, 6.45) is 0. The minimum Gasteiger partial charge on any atom is -0.551 e. The second-order valence-corrected chi connectivity index (χ2v) is 19.4. The quantitative estimate of drug-likeness (QED) is 0.125. The molecular formula is C54H36BNO2Si. The van der Waals surface area contributed by atoms with Crippen molar-refractivity contribution in [2.24, 2.45) is 0 Å². The van der Waals surface area contributed by atoms with Crippen molar-refractivity contribution in [2.75, 3.05) is 0 Å². The maximum absolute atomic E-state index is 7.09. The first-order valence-corrected chi connectivity index (χ1v) is 22.3. The van der Waals surface area contributed by atoms with E-state index in [2.05, 4.69) is 223 Å². The van der Waals surface area contributed by atoms with E-state index in [0.717, 1.165) is 67.1 Å². The molecule has 0 N–H and O–H groups in total. The van der Waals surface area contributed by atoms with E-state index in [1.807, 2.05) is 0 Å². The van der Waals surface area contributed by atoms with Gasteiger partial charge in [-0.25, -0.2) is 0 Å². The summed E-state index contributed by atoms with van der Waals surface area (Å²) in [5.41, 5.74) is 9.94. The number of fused-ring (bicyclic) bond motifs is 7. The molecule has 276 valence electrons. The van der Waals surface area contributed by atoms with Crippen LogP contribution in [0.3, 0.4) is 0 Å². The van der Waals surface area contributed by atoms with Crippen LogP contribution < -0.4 is 41.1 Å². The Hall–Kier alpha value is -7.34. The number of nitrogens with zero attached hydrogens (tertiary/aromatic N) is 1. The third-order valence-electron chi connectivity index (χ3n) is 12.4. The zero-order valence-corrected chi connectivity index (χ0v) is 33.1. The lowest BCUT2D eigenvalue weighted by molar-refractivity contribution is 0.479. The maximum Gasteiger partial charge on any atom is 0.434 e. The Morgan fingerprint density at radius 1 is 0.390 bits per heavy atom. The van der Waals surface area contributed by atoms with Gasteiger partial charge in [0.05, 0.1) is 16.7 Å². The summed E-state index contributed by atoms with van der Waals surface area (Å²) in [7, 11) is -2.72. The number of benzene rings is 9. The zero-order valence-electron chi connectivity index (χ0n) is 32.1. The maximum atomic E-state index is 7.09. The Labute approximate surface area is 344 Å². The van der Waals surface area contributed by atoms with Crippen LogP contribution in [-0.4, -0.2) is 19.6 Å². The predicted octanol–water partition coefficient (Wildman–Crippen LogP) is 9.10. The van der Waals surface area contributed by atoms with E-state index >= 15 is 0 Å². The molecule has 0 radical (unpaired) electrons. The molecule has 0 bridgehead atoms. The smallest absolute Gasteiger partial charge is 0.434 e. The number of hydrogen-bond donors (Lipinski definition) is 0. The van der Waals surface area contributed by atoms with Crippen LogP contribution in [0.4, 0.5) is 0 Å². The van der Waals surface area contributed by atoms with Gasteiger partial charge in [0.15, 0.2) is 8.07 Å². The van der Waals surface area contributed by atoms with E-state index in [1.165, 1.54) is 31.5 Å². The molecule has 5 heteroatoms. The number of hydrogen-bond acceptors (Lipinski definition) is 2. The van der Waals surface area contributed by atoms with Gasteiger partial charge in [-0.3, -0.25) is 0 Å². The van der Waals surface area contributed by atoms with Crippen LogP contribution in [0.5, 0.6) is 17.2 Å². The van der Waals surface area contributed by atoms with Crippen molar-refractivity contribution in [3.05, 3.63) is 218 Å². The fraction of sp³-hybridized carbons (Fsp3) is 0. The summed E-state index contributed by atoms with van der Waals surface area (Å²) in [5, 5.41) is 7.84. The monoisotopic (exact) mass is 769 g/mol. The number of ether oxygens (including phenoxy) is 1. The first-order chi connectivity index (χ1) is 29.3. The van der Waals surface area contributed by atoms with Crippen LogP contribution >= 0.6 is 0 Å². The number of para-hydroxylation sites is 3. The highest BCUT2D eigenvalue weighted by molar-refractivity contribution is 7.19. The zero-order chi connectivity index (χ0) is 38.9. The molecule has 3 nitrogen and oxygen atoms in total. The molecule has 0 spiro atoms. The fourth-order valence-electron chi connectivity index (χ4n) is 9.85. The molecule has 0 saturated heterocycles. The summed E-state index contributed by atoms with van der Waals surface area (Å²) in [6, 6.07) is 79.4. The Morgan fingerprint density at radius 3 is 1.61 bits per heavy atom. The largest absolute Gasteiger partial charge is 0.551 e. The van der Waals surface area contributed by atoms with Gasteiger partial charge in [0.2, 0.25) is 0 Å². The highest BCUT2D eigenvalue weighted by atomic mass is 28.3. The Bertz CT molecular complexity index is 3090. The van der Waals surface area contributed by atoms with Crippen LogP contribution in [0.1, 0.15) is 0 Å². The van der Waals surface area contributed by atoms with Crippen molar-refractivity contribution in [3.63, 3.8) is 0 Å². The summed E-state index contributed by atoms with van der Waals surface area (Å²) in [4.78, 5) is 0. The highest BCUT2D eigenvalue weighted by Gasteiger charge is 2.43. The molecule has 2 aliphatic rings. The molecule has 10 aromatic rings. The van der Waals surface area contributed by atoms with Crippen molar-refractivity contribution in [3.8, 4) is 45.2 Å². The van der Waals surface area contributed by atoms with E-state index in [1.54, 1.807) is 0 Å². The third-order valence-corrected chi connectivity index (χ3v) is 17.2. The van der Waals surface area contributed by atoms with Gasteiger partial charge in [0.1, 0.15) is 17.2 Å². The van der Waals surface area contributed by atoms with Gasteiger partial charge in [0, 0.05) is 33.3 Å². The van der Waals surface area contributed by atoms with E-state index in [-0.39, 0.29) is 6.92 Å². The second kappa shape index (κ2) is 13.4. The number of rotatable bonds is 6. The Balaban J connectivity index is 1.03. The third kappa shape index (κ3) is 5.15. The van der Waals surface area contributed by atoms with Crippen molar-refractivity contribution < 1.29 is 9.39 Å². The van der Waals surface area contributed by atoms with Gasteiger partial charge in [-0.2, -0.15) is 0 Å². The van der Waals surface area contributed by atoms with Crippen molar-refractivity contribution in [2.45, 2.75) is 0 Å². The summed E-state index contributed by atoms with van der Waals surface area (Å²) in [5.74, 6) is 2.51. The highest BCUT2D eigenvalue weighted by Crippen LogP contribution is 2.42. The minimum atomic E-state index is -2.72. The molecule has 3 heterocycles. The van der Waals surface area contributed by atoms with E-state index in [0.29, 0.717) is 0 Å². The molecule has 0 atom stereocenters. The van der Waals surface area contributed by atoms with Gasteiger partial charge in [-0.1, -0.05) is 182 Å². The average Bonchev–Trinajstić information content (AvgIpc) is 3.65. The van der Waals surface area contributed by atoms with Gasteiger partial charge < -0.3 is 14.0 Å². The molecule has 12 rings (SSSR count). The fourth-order valence-corrected chi connectivity index (χ4v) is 14.6. The molecule has 1 aromatic heterocycles. The van der Waals surface area contributed by atoms with E-state index < -0.39 is 8.07 Å². The van der Waals surface area contributed by atoms with Crippen LogP contribution in [0, 0.1) is 0 Å². The van der Waals surface area contributed by atoms with Crippen molar-refractivity contribution >= 4 is 68.5 Å². The molecular weight excluding hydrogens is 733 g/mol. The minimum absolute atomic E-state index is 0.305. The van der Waals surface area contributed by atoms with Gasteiger partial charge >= 0.3 is 6.92 Å². The molecule has 0 saturated carbocycles. The van der Waals surface area contributed by atoms with Crippen LogP contribution in [0.15, 0.2) is 218 Å². The standard InChI is InChI=1S/C54H36BNO2Si/c1-4-18-40(19-5-1)59(41-20-6-2-7-21-41,42-22-8-3-9-23-42)43-24-16-17-37(33-43)38-31-32-48-52(34-38)57-53-36-39(35-47-46-27-12-15-30-51(46)58-55(48)54(47)53)56-49-28-13-10-25-44(49)45-26-11-14-29-50(45)56/h1-36H. The number of aromatic nitrogens is 1. The van der Waals surface area contributed by atoms with Crippen molar-refractivity contribution in [1.29, 1.82) is 0 Å². The normalized spacial score (nSPS) is 12.6. The molecule has 59 heavy (non-hydrogen) atoms. The molecule has 0 unspecified atom stereocenters. The lowest BCUT2D eigenvalue weighted by atomic mass is 9.50. The SMILES string of the molecule is c1ccc([Si](c2ccccc2)(c2ccccc2)c2cccc(-c3ccc4c(c3)Oc3cc(-n5c6ccccc6c6ccccc65)cc5c3B4Oc3ccccc3-5)c2)cc1. The summed E-state index contributed by atoms with van der Waals surface area (Å²) < 4.78 is 16.4. The van der Waals surface area contributed by atoms with Gasteiger partial charge in [-0.05, 0) is 67.8 Å². The topological polar surface area (TPSA) is 23.4 Å². The van der Waals surface area contributed by atoms with Gasteiger partial charge in [-0.15, -0.1) is 0 Å². The summed E-state index contributed by atoms with van der Waals surface area (Å²) >= 11 is 0. The van der Waals surface area contributed by atoms with E-state index in [9.17, 15) is 0 Å². The van der Waals surface area contributed by atoms with Crippen LogP contribution in [0.2, 0.25) is 0 Å².